The molecule has 146 valence electrons. The third-order valence-corrected chi connectivity index (χ3v) is 5.73. The van der Waals surface area contributed by atoms with E-state index in [0.717, 1.165) is 17.3 Å². The molecule has 3 aromatic rings. The van der Waals surface area contributed by atoms with Gasteiger partial charge in [0.2, 0.25) is 5.91 Å². The first-order valence-electron chi connectivity index (χ1n) is 9.63. The SMILES string of the molecule is Cn1ccc2cc(C(=O)Nc3ccc4c(c3)C(=O)N3CCC[C@@H]3C(=O)N4)ccc21. The summed E-state index contributed by atoms with van der Waals surface area (Å²) in [6.07, 6.45) is 3.44. The molecule has 0 aliphatic carbocycles. The normalized spacial score (nSPS) is 18.2. The average Bonchev–Trinajstić information content (AvgIpc) is 3.33. The zero-order valence-electron chi connectivity index (χ0n) is 15.9. The molecule has 1 aromatic heterocycles. The van der Waals surface area contributed by atoms with Crippen molar-refractivity contribution in [1.29, 1.82) is 0 Å². The van der Waals surface area contributed by atoms with Crippen LogP contribution in [0, 0.1) is 0 Å². The van der Waals surface area contributed by atoms with Crippen LogP contribution < -0.4 is 10.6 Å². The maximum atomic E-state index is 12.9. The molecule has 0 saturated carbocycles. The lowest BCUT2D eigenvalue weighted by atomic mass is 10.1. The van der Waals surface area contributed by atoms with Crippen LogP contribution in [0.3, 0.4) is 0 Å². The van der Waals surface area contributed by atoms with E-state index >= 15 is 0 Å². The predicted molar refractivity (Wildman–Crippen MR) is 110 cm³/mol. The van der Waals surface area contributed by atoms with Gasteiger partial charge in [0.05, 0.1) is 11.3 Å². The molecule has 5 rings (SSSR count). The summed E-state index contributed by atoms with van der Waals surface area (Å²) in [5.74, 6) is -0.579. The number of benzene rings is 2. The van der Waals surface area contributed by atoms with Crippen LogP contribution in [-0.2, 0) is 11.8 Å². The van der Waals surface area contributed by atoms with Gasteiger partial charge in [0.1, 0.15) is 6.04 Å². The monoisotopic (exact) mass is 388 g/mol. The molecule has 1 atom stereocenters. The molecule has 3 heterocycles. The number of hydrogen-bond acceptors (Lipinski definition) is 3. The van der Waals surface area contributed by atoms with Gasteiger partial charge in [0.15, 0.2) is 0 Å². The minimum Gasteiger partial charge on any atom is -0.351 e. The molecular weight excluding hydrogens is 368 g/mol. The van der Waals surface area contributed by atoms with Crippen molar-refractivity contribution in [2.45, 2.75) is 18.9 Å². The van der Waals surface area contributed by atoms with Crippen LogP contribution in [0.1, 0.15) is 33.6 Å². The molecule has 1 saturated heterocycles. The highest BCUT2D eigenvalue weighted by molar-refractivity contribution is 6.12. The number of aryl methyl sites for hydroxylation is 1. The number of anilines is 2. The maximum absolute atomic E-state index is 12.9. The van der Waals surface area contributed by atoms with E-state index < -0.39 is 6.04 Å². The van der Waals surface area contributed by atoms with Gasteiger partial charge >= 0.3 is 0 Å². The number of amides is 3. The van der Waals surface area contributed by atoms with Crippen LogP contribution in [0.2, 0.25) is 0 Å². The van der Waals surface area contributed by atoms with Crippen LogP contribution in [0.5, 0.6) is 0 Å². The maximum Gasteiger partial charge on any atom is 0.256 e. The number of fused-ring (bicyclic) bond motifs is 3. The van der Waals surface area contributed by atoms with Crippen molar-refractivity contribution in [3.05, 3.63) is 59.8 Å². The summed E-state index contributed by atoms with van der Waals surface area (Å²) in [5, 5.41) is 6.69. The molecule has 3 amide bonds. The molecule has 7 heteroatoms. The Kier molecular flexibility index (Phi) is 3.91. The number of aromatic nitrogens is 1. The summed E-state index contributed by atoms with van der Waals surface area (Å²) in [6.45, 7) is 0.573. The third-order valence-electron chi connectivity index (χ3n) is 5.73. The van der Waals surface area contributed by atoms with Crippen molar-refractivity contribution in [2.24, 2.45) is 7.05 Å². The number of nitrogens with zero attached hydrogens (tertiary/aromatic N) is 2. The van der Waals surface area contributed by atoms with Crippen molar-refractivity contribution >= 4 is 40.0 Å². The van der Waals surface area contributed by atoms with Gasteiger partial charge in [-0.1, -0.05) is 0 Å². The van der Waals surface area contributed by atoms with Crippen LogP contribution in [0.4, 0.5) is 11.4 Å². The van der Waals surface area contributed by atoms with Crippen LogP contribution in [0.25, 0.3) is 10.9 Å². The second-order valence-corrected chi connectivity index (χ2v) is 7.56. The topological polar surface area (TPSA) is 83.4 Å². The van der Waals surface area contributed by atoms with E-state index in [-0.39, 0.29) is 17.7 Å². The third kappa shape index (κ3) is 2.86. The van der Waals surface area contributed by atoms with Crippen molar-refractivity contribution in [1.82, 2.24) is 9.47 Å². The molecule has 2 aromatic carbocycles. The first-order chi connectivity index (χ1) is 14.0. The predicted octanol–water partition coefficient (Wildman–Crippen LogP) is 2.99. The first kappa shape index (κ1) is 17.5. The molecule has 2 aliphatic heterocycles. The smallest absolute Gasteiger partial charge is 0.256 e. The zero-order valence-corrected chi connectivity index (χ0v) is 15.9. The summed E-state index contributed by atoms with van der Waals surface area (Å²) in [5.41, 5.74) is 2.99. The van der Waals surface area contributed by atoms with Crippen LogP contribution in [-0.4, -0.2) is 39.8 Å². The van der Waals surface area contributed by atoms with E-state index in [1.54, 1.807) is 29.2 Å². The Bertz CT molecular complexity index is 1180. The highest BCUT2D eigenvalue weighted by atomic mass is 16.2. The van der Waals surface area contributed by atoms with Crippen molar-refractivity contribution in [3.63, 3.8) is 0 Å². The van der Waals surface area contributed by atoms with Gasteiger partial charge in [0, 0.05) is 41.9 Å². The van der Waals surface area contributed by atoms with Gasteiger partial charge < -0.3 is 20.1 Å². The minimum absolute atomic E-state index is 0.150. The van der Waals surface area contributed by atoms with Crippen LogP contribution >= 0.6 is 0 Å². The molecule has 0 radical (unpaired) electrons. The van der Waals surface area contributed by atoms with E-state index in [1.807, 2.05) is 36.0 Å². The molecule has 0 bridgehead atoms. The fourth-order valence-corrected chi connectivity index (χ4v) is 4.19. The molecular formula is C22H20N4O3. The van der Waals surface area contributed by atoms with Gasteiger partial charge in [-0.25, -0.2) is 0 Å². The number of carbonyl (C=O) groups is 3. The fraction of sp³-hybridized carbons (Fsp3) is 0.227. The lowest BCUT2D eigenvalue weighted by molar-refractivity contribution is -0.119. The van der Waals surface area contributed by atoms with Gasteiger partial charge in [-0.2, -0.15) is 0 Å². The molecule has 0 unspecified atom stereocenters. The summed E-state index contributed by atoms with van der Waals surface area (Å²) >= 11 is 0. The van der Waals surface area contributed by atoms with Gasteiger partial charge in [-0.3, -0.25) is 14.4 Å². The summed E-state index contributed by atoms with van der Waals surface area (Å²) < 4.78 is 2.00. The summed E-state index contributed by atoms with van der Waals surface area (Å²) in [4.78, 5) is 39.7. The number of carbonyl (C=O) groups excluding carboxylic acids is 3. The average molecular weight is 388 g/mol. The Morgan fingerprint density at radius 3 is 2.86 bits per heavy atom. The lowest BCUT2D eigenvalue weighted by Crippen LogP contribution is -2.40. The van der Waals surface area contributed by atoms with E-state index in [4.69, 9.17) is 0 Å². The van der Waals surface area contributed by atoms with Crippen molar-refractivity contribution < 1.29 is 14.4 Å². The standard InChI is InChI=1S/C22H20N4O3/c1-25-10-8-13-11-14(4-7-18(13)25)20(27)23-15-5-6-17-16(12-15)22(29)26-9-2-3-19(26)21(28)24-17/h4-8,10-12,19H,2-3,9H2,1H3,(H,23,27)(H,24,28)/t19-/m1/s1. The molecule has 7 nitrogen and oxygen atoms in total. The fourth-order valence-electron chi connectivity index (χ4n) is 4.19. The van der Waals surface area contributed by atoms with Gasteiger partial charge in [-0.15, -0.1) is 0 Å². The first-order valence-corrected chi connectivity index (χ1v) is 9.63. The Labute approximate surface area is 167 Å². The minimum atomic E-state index is -0.412. The van der Waals surface area contributed by atoms with E-state index in [2.05, 4.69) is 10.6 Å². The Balaban J connectivity index is 1.43. The largest absolute Gasteiger partial charge is 0.351 e. The zero-order chi connectivity index (χ0) is 20.1. The summed E-state index contributed by atoms with van der Waals surface area (Å²) in [6, 6.07) is 12.1. The molecule has 2 N–H and O–H groups in total. The Hall–Kier alpha value is -3.61. The summed E-state index contributed by atoms with van der Waals surface area (Å²) in [7, 11) is 1.96. The van der Waals surface area contributed by atoms with Gasteiger partial charge in [0.25, 0.3) is 11.8 Å². The van der Waals surface area contributed by atoms with E-state index in [1.165, 1.54) is 0 Å². The highest BCUT2D eigenvalue weighted by Gasteiger charge is 2.38. The van der Waals surface area contributed by atoms with Crippen molar-refractivity contribution in [3.8, 4) is 0 Å². The Morgan fingerprint density at radius 1 is 1.14 bits per heavy atom. The number of hydrogen-bond donors (Lipinski definition) is 2. The lowest BCUT2D eigenvalue weighted by Gasteiger charge is -2.20. The van der Waals surface area contributed by atoms with Crippen molar-refractivity contribution in [2.75, 3.05) is 17.2 Å². The highest BCUT2D eigenvalue weighted by Crippen LogP contribution is 2.30. The number of nitrogens with one attached hydrogen (secondary N) is 2. The van der Waals surface area contributed by atoms with E-state index in [9.17, 15) is 14.4 Å². The molecule has 0 spiro atoms. The second kappa shape index (κ2) is 6.48. The van der Waals surface area contributed by atoms with E-state index in [0.29, 0.717) is 35.5 Å². The number of rotatable bonds is 2. The van der Waals surface area contributed by atoms with Crippen LogP contribution in [0.15, 0.2) is 48.7 Å². The quantitative estimate of drug-likeness (QED) is 0.708. The molecule has 29 heavy (non-hydrogen) atoms. The molecule has 1 fully saturated rings. The molecule has 2 aliphatic rings. The van der Waals surface area contributed by atoms with Gasteiger partial charge in [-0.05, 0) is 55.3 Å². The second-order valence-electron chi connectivity index (χ2n) is 7.56. The Morgan fingerprint density at radius 2 is 2.00 bits per heavy atom.